The van der Waals surface area contributed by atoms with Gasteiger partial charge in [0.25, 0.3) is 0 Å². The van der Waals surface area contributed by atoms with Crippen molar-refractivity contribution in [2.24, 2.45) is 0 Å². The van der Waals surface area contributed by atoms with Gasteiger partial charge in [0, 0.05) is 43.0 Å². The average molecular weight is 435 g/mol. The zero-order chi connectivity index (χ0) is 22.1. The predicted octanol–water partition coefficient (Wildman–Crippen LogP) is 2.54. The van der Waals surface area contributed by atoms with Crippen LogP contribution in [0, 0.1) is 0 Å². The topological polar surface area (TPSA) is 128 Å². The first-order chi connectivity index (χ1) is 15.7. The molecule has 0 bridgehead atoms. The Morgan fingerprint density at radius 2 is 2.12 bits per heavy atom. The van der Waals surface area contributed by atoms with Crippen molar-refractivity contribution in [1.82, 2.24) is 34.6 Å². The lowest BCUT2D eigenvalue weighted by atomic mass is 10.0. The maximum absolute atomic E-state index is 12.4. The van der Waals surface area contributed by atoms with E-state index >= 15 is 0 Å². The van der Waals surface area contributed by atoms with Crippen molar-refractivity contribution < 1.29 is 9.53 Å². The van der Waals surface area contributed by atoms with Crippen LogP contribution >= 0.6 is 0 Å². The summed E-state index contributed by atoms with van der Waals surface area (Å²) in [5.74, 6) is 0.536. The van der Waals surface area contributed by atoms with Crippen LogP contribution in [-0.4, -0.2) is 66.8 Å². The van der Waals surface area contributed by atoms with E-state index in [0.29, 0.717) is 44.2 Å². The molecule has 0 saturated carbocycles. The van der Waals surface area contributed by atoms with Crippen molar-refractivity contribution in [2.45, 2.75) is 32.2 Å². The van der Waals surface area contributed by atoms with Gasteiger partial charge in [0.15, 0.2) is 5.65 Å². The summed E-state index contributed by atoms with van der Waals surface area (Å²) in [6, 6.07) is 4.14. The first-order valence-electron chi connectivity index (χ1n) is 10.9. The van der Waals surface area contributed by atoms with E-state index in [2.05, 4.69) is 19.9 Å². The summed E-state index contributed by atoms with van der Waals surface area (Å²) in [5, 5.41) is 6.66. The Bertz CT molecular complexity index is 1260. The van der Waals surface area contributed by atoms with Crippen LogP contribution in [0.2, 0.25) is 0 Å². The molecule has 166 valence electrons. The third-order valence-electron chi connectivity index (χ3n) is 6.02. The molecule has 0 spiro atoms. The molecule has 4 aromatic rings. The fraction of sp³-hybridized carbons (Fsp3) is 0.409. The standard InChI is InChI=1S/C22H26N8O2/c1-2-32-10-6-17(31)29-8-4-16(5-9-29)30-22-18(20(23)26-13-27-22)19(28-30)15-11-14-3-7-24-21(14)25-12-15/h3,7,11-13,16H,2,4-6,8-10H2,1H3,(H,24,25)(H2,23,26,27). The molecule has 1 aliphatic rings. The van der Waals surface area contributed by atoms with Crippen molar-refractivity contribution in [2.75, 3.05) is 32.0 Å². The van der Waals surface area contributed by atoms with E-state index < -0.39 is 0 Å². The number of piperidine rings is 1. The molecule has 0 aromatic carbocycles. The van der Waals surface area contributed by atoms with Gasteiger partial charge in [-0.05, 0) is 31.9 Å². The van der Waals surface area contributed by atoms with Crippen LogP contribution in [0.3, 0.4) is 0 Å². The largest absolute Gasteiger partial charge is 0.383 e. The lowest BCUT2D eigenvalue weighted by Gasteiger charge is -2.32. The first-order valence-corrected chi connectivity index (χ1v) is 10.9. The fourth-order valence-corrected chi connectivity index (χ4v) is 4.34. The van der Waals surface area contributed by atoms with Crippen LogP contribution in [0.1, 0.15) is 32.2 Å². The molecule has 1 amide bonds. The molecule has 10 nitrogen and oxygen atoms in total. The number of hydrogen-bond donors (Lipinski definition) is 2. The second kappa shape index (κ2) is 8.54. The molecular formula is C22H26N8O2. The second-order valence-electron chi connectivity index (χ2n) is 7.95. The van der Waals surface area contributed by atoms with Gasteiger partial charge in [0.2, 0.25) is 5.91 Å². The number of nitrogen functional groups attached to an aromatic ring is 1. The van der Waals surface area contributed by atoms with Crippen LogP contribution in [0.4, 0.5) is 5.82 Å². The first kappa shape index (κ1) is 20.4. The molecule has 0 radical (unpaired) electrons. The maximum atomic E-state index is 12.4. The van der Waals surface area contributed by atoms with Crippen molar-refractivity contribution in [3.63, 3.8) is 0 Å². The van der Waals surface area contributed by atoms with Crippen LogP contribution in [-0.2, 0) is 9.53 Å². The van der Waals surface area contributed by atoms with Gasteiger partial charge in [-0.3, -0.25) is 4.79 Å². The second-order valence-corrected chi connectivity index (χ2v) is 7.95. The average Bonchev–Trinajstić information content (AvgIpc) is 3.44. The molecule has 0 unspecified atom stereocenters. The molecule has 3 N–H and O–H groups in total. The number of pyridine rings is 1. The molecule has 1 fully saturated rings. The minimum Gasteiger partial charge on any atom is -0.383 e. The zero-order valence-electron chi connectivity index (χ0n) is 18.0. The van der Waals surface area contributed by atoms with Crippen LogP contribution in [0.25, 0.3) is 33.3 Å². The van der Waals surface area contributed by atoms with Crippen molar-refractivity contribution in [1.29, 1.82) is 0 Å². The summed E-state index contributed by atoms with van der Waals surface area (Å²) in [6.07, 6.45) is 7.15. The number of aromatic nitrogens is 6. The number of ether oxygens (including phenoxy) is 1. The van der Waals surface area contributed by atoms with E-state index in [4.69, 9.17) is 15.6 Å². The molecule has 4 aromatic heterocycles. The Hall–Kier alpha value is -3.53. The molecule has 1 saturated heterocycles. The summed E-state index contributed by atoms with van der Waals surface area (Å²) in [6.45, 7) is 4.40. The highest BCUT2D eigenvalue weighted by Crippen LogP contribution is 2.34. The van der Waals surface area contributed by atoms with Crippen molar-refractivity contribution in [3.05, 3.63) is 30.9 Å². The quantitative estimate of drug-likeness (QED) is 0.446. The van der Waals surface area contributed by atoms with Gasteiger partial charge in [-0.2, -0.15) is 5.10 Å². The Balaban J connectivity index is 1.43. The number of carbonyl (C=O) groups is 1. The Morgan fingerprint density at radius 1 is 1.28 bits per heavy atom. The maximum Gasteiger partial charge on any atom is 0.224 e. The molecule has 32 heavy (non-hydrogen) atoms. The normalized spacial score (nSPS) is 15.1. The number of carbonyl (C=O) groups excluding carboxylic acids is 1. The van der Waals surface area contributed by atoms with Gasteiger partial charge in [-0.1, -0.05) is 0 Å². The smallest absolute Gasteiger partial charge is 0.224 e. The summed E-state index contributed by atoms with van der Waals surface area (Å²) in [7, 11) is 0. The van der Waals surface area contributed by atoms with E-state index in [1.165, 1.54) is 6.33 Å². The number of hydrogen-bond acceptors (Lipinski definition) is 7. The minimum absolute atomic E-state index is 0.125. The number of anilines is 1. The fourth-order valence-electron chi connectivity index (χ4n) is 4.34. The highest BCUT2D eigenvalue weighted by Gasteiger charge is 2.27. The summed E-state index contributed by atoms with van der Waals surface area (Å²) < 4.78 is 7.27. The minimum atomic E-state index is 0.125. The summed E-state index contributed by atoms with van der Waals surface area (Å²) in [5.41, 5.74) is 9.38. The number of fused-ring (bicyclic) bond motifs is 2. The Kier molecular flexibility index (Phi) is 5.44. The van der Waals surface area contributed by atoms with E-state index in [9.17, 15) is 4.79 Å². The highest BCUT2D eigenvalue weighted by molar-refractivity contribution is 5.99. The zero-order valence-corrected chi connectivity index (χ0v) is 18.0. The number of amides is 1. The van der Waals surface area contributed by atoms with Crippen molar-refractivity contribution >= 4 is 33.8 Å². The van der Waals surface area contributed by atoms with Crippen LogP contribution in [0.15, 0.2) is 30.9 Å². The molecular weight excluding hydrogens is 408 g/mol. The number of nitrogens with two attached hydrogens (primary N) is 1. The van der Waals surface area contributed by atoms with Crippen LogP contribution < -0.4 is 5.73 Å². The number of nitrogens with one attached hydrogen (secondary N) is 1. The lowest BCUT2D eigenvalue weighted by Crippen LogP contribution is -2.39. The molecule has 0 aliphatic carbocycles. The van der Waals surface area contributed by atoms with Gasteiger partial charge in [-0.25, -0.2) is 19.6 Å². The number of nitrogens with zero attached hydrogens (tertiary/aromatic N) is 6. The number of rotatable bonds is 6. The monoisotopic (exact) mass is 434 g/mol. The highest BCUT2D eigenvalue weighted by atomic mass is 16.5. The lowest BCUT2D eigenvalue weighted by molar-refractivity contribution is -0.133. The van der Waals surface area contributed by atoms with E-state index in [0.717, 1.165) is 40.5 Å². The van der Waals surface area contributed by atoms with Crippen molar-refractivity contribution in [3.8, 4) is 11.3 Å². The number of aromatic amines is 1. The summed E-state index contributed by atoms with van der Waals surface area (Å²) >= 11 is 0. The van der Waals surface area contributed by atoms with E-state index in [-0.39, 0.29) is 11.9 Å². The predicted molar refractivity (Wildman–Crippen MR) is 121 cm³/mol. The number of likely N-dealkylation sites (tertiary alicyclic amines) is 1. The molecule has 0 atom stereocenters. The molecule has 1 aliphatic heterocycles. The van der Waals surface area contributed by atoms with Gasteiger partial charge in [-0.15, -0.1) is 0 Å². The van der Waals surface area contributed by atoms with E-state index in [1.54, 1.807) is 6.20 Å². The summed E-state index contributed by atoms with van der Waals surface area (Å²) in [4.78, 5) is 30.6. The number of H-pyrrole nitrogens is 1. The van der Waals surface area contributed by atoms with Gasteiger partial charge >= 0.3 is 0 Å². The van der Waals surface area contributed by atoms with E-state index in [1.807, 2.05) is 34.8 Å². The molecule has 10 heteroatoms. The van der Waals surface area contributed by atoms with Gasteiger partial charge in [0.05, 0.1) is 24.5 Å². The van der Waals surface area contributed by atoms with Gasteiger partial charge < -0.3 is 20.4 Å². The molecule has 5 heterocycles. The third-order valence-corrected chi connectivity index (χ3v) is 6.02. The Morgan fingerprint density at radius 3 is 2.94 bits per heavy atom. The van der Waals surface area contributed by atoms with Gasteiger partial charge in [0.1, 0.15) is 23.5 Å². The Labute approximate surface area is 184 Å². The SMILES string of the molecule is CCOCCC(=O)N1CCC(n2nc(-c3cnc4[nH]ccc4c3)c3c(N)ncnc32)CC1. The van der Waals surface area contributed by atoms with Crippen LogP contribution in [0.5, 0.6) is 0 Å². The third kappa shape index (κ3) is 3.66. The molecule has 5 rings (SSSR count).